The van der Waals surface area contributed by atoms with Crippen LogP contribution in [0, 0.1) is 0 Å². The summed E-state index contributed by atoms with van der Waals surface area (Å²) in [6.07, 6.45) is 0. The second-order valence-corrected chi connectivity index (χ2v) is 4.92. The second-order valence-electron chi connectivity index (χ2n) is 4.92. The summed E-state index contributed by atoms with van der Waals surface area (Å²) in [5.41, 5.74) is 0.383. The lowest BCUT2D eigenvalue weighted by Crippen LogP contribution is -2.23. The maximum Gasteiger partial charge on any atom is 0.333 e. The summed E-state index contributed by atoms with van der Waals surface area (Å²) in [4.78, 5) is 21.3. The van der Waals surface area contributed by atoms with Crippen molar-refractivity contribution in [1.82, 2.24) is 0 Å². The van der Waals surface area contributed by atoms with Gasteiger partial charge in [-0.3, -0.25) is 0 Å². The van der Waals surface area contributed by atoms with Gasteiger partial charge in [0.2, 0.25) is 0 Å². The standard InChI is InChI=1S/C8H14O2.C6H10O3/c1-6(2)7(9)10-8(3,4)5;1-5(2)6(8)9-4-3-7/h1H2,2-5H3;7H,1,3-4H2,2H3. The highest BCUT2D eigenvalue weighted by atomic mass is 16.6. The number of carbonyl (C=O) groups is 2. The molecule has 1 N–H and O–H groups in total. The van der Waals surface area contributed by atoms with Crippen molar-refractivity contribution in [3.63, 3.8) is 0 Å². The molecule has 0 aromatic rings. The minimum absolute atomic E-state index is 0.0473. The maximum atomic E-state index is 10.8. The van der Waals surface area contributed by atoms with E-state index in [4.69, 9.17) is 9.84 Å². The van der Waals surface area contributed by atoms with Gasteiger partial charge in [0.25, 0.3) is 0 Å². The molecule has 0 amide bonds. The first-order valence-corrected chi connectivity index (χ1v) is 5.83. The lowest BCUT2D eigenvalue weighted by atomic mass is 10.2. The number of esters is 2. The van der Waals surface area contributed by atoms with Crippen LogP contribution in [0.2, 0.25) is 0 Å². The minimum Gasteiger partial charge on any atom is -0.460 e. The van der Waals surface area contributed by atoms with E-state index < -0.39 is 11.6 Å². The summed E-state index contributed by atoms with van der Waals surface area (Å²) in [5.74, 6) is -0.781. The molecule has 0 aliphatic rings. The van der Waals surface area contributed by atoms with Crippen LogP contribution >= 0.6 is 0 Å². The molecule has 19 heavy (non-hydrogen) atoms. The highest BCUT2D eigenvalue weighted by Gasteiger charge is 2.15. The first kappa shape index (κ1) is 19.7. The largest absolute Gasteiger partial charge is 0.460 e. The summed E-state index contributed by atoms with van der Waals surface area (Å²) in [6.45, 7) is 15.4. The summed E-state index contributed by atoms with van der Waals surface area (Å²) >= 11 is 0. The molecule has 5 heteroatoms. The lowest BCUT2D eigenvalue weighted by Gasteiger charge is -2.19. The van der Waals surface area contributed by atoms with E-state index in [1.54, 1.807) is 13.8 Å². The van der Waals surface area contributed by atoms with E-state index in [-0.39, 0.29) is 19.2 Å². The van der Waals surface area contributed by atoms with Crippen molar-refractivity contribution in [3.05, 3.63) is 24.3 Å². The summed E-state index contributed by atoms with van der Waals surface area (Å²) in [7, 11) is 0. The number of rotatable bonds is 4. The van der Waals surface area contributed by atoms with Crippen molar-refractivity contribution >= 4 is 11.9 Å². The van der Waals surface area contributed by atoms with Gasteiger partial charge in [0, 0.05) is 11.1 Å². The summed E-state index contributed by atoms with van der Waals surface area (Å²) in [5, 5.41) is 8.19. The molecule has 0 fully saturated rings. The van der Waals surface area contributed by atoms with Gasteiger partial charge in [-0.25, -0.2) is 9.59 Å². The third-order valence-electron chi connectivity index (χ3n) is 1.42. The topological polar surface area (TPSA) is 72.8 Å². The van der Waals surface area contributed by atoms with Crippen LogP contribution in [0.5, 0.6) is 0 Å². The average Bonchev–Trinajstić information content (AvgIpc) is 2.24. The fraction of sp³-hybridized carbons (Fsp3) is 0.571. The van der Waals surface area contributed by atoms with Gasteiger partial charge >= 0.3 is 11.9 Å². The molecular weight excluding hydrogens is 248 g/mol. The first-order valence-electron chi connectivity index (χ1n) is 5.83. The van der Waals surface area contributed by atoms with Gasteiger partial charge in [-0.1, -0.05) is 13.2 Å². The van der Waals surface area contributed by atoms with Gasteiger partial charge < -0.3 is 14.6 Å². The molecule has 0 spiro atoms. The van der Waals surface area contributed by atoms with E-state index in [0.29, 0.717) is 11.1 Å². The molecule has 110 valence electrons. The predicted octanol–water partition coefficient (Wildman–Crippen LogP) is 2.00. The molecule has 0 bridgehead atoms. The van der Waals surface area contributed by atoms with E-state index >= 15 is 0 Å². The van der Waals surface area contributed by atoms with Gasteiger partial charge in [0.1, 0.15) is 12.2 Å². The fourth-order valence-corrected chi connectivity index (χ4v) is 0.627. The van der Waals surface area contributed by atoms with E-state index in [0.717, 1.165) is 0 Å². The third-order valence-corrected chi connectivity index (χ3v) is 1.42. The molecule has 0 heterocycles. The smallest absolute Gasteiger partial charge is 0.333 e. The average molecular weight is 272 g/mol. The second kappa shape index (κ2) is 9.33. The van der Waals surface area contributed by atoms with Gasteiger partial charge in [0.15, 0.2) is 0 Å². The zero-order valence-corrected chi connectivity index (χ0v) is 12.4. The Kier molecular flexibility index (Phi) is 9.68. The molecule has 0 saturated carbocycles. The van der Waals surface area contributed by atoms with Crippen LogP contribution in [0.1, 0.15) is 34.6 Å². The van der Waals surface area contributed by atoms with E-state index in [2.05, 4.69) is 17.9 Å². The van der Waals surface area contributed by atoms with Crippen LogP contribution in [0.4, 0.5) is 0 Å². The van der Waals surface area contributed by atoms with Gasteiger partial charge in [-0.05, 0) is 34.6 Å². The molecule has 0 aliphatic carbocycles. The zero-order valence-electron chi connectivity index (χ0n) is 12.4. The molecule has 0 aromatic carbocycles. The maximum absolute atomic E-state index is 10.8. The Morgan fingerprint density at radius 2 is 1.47 bits per heavy atom. The van der Waals surface area contributed by atoms with Crippen LogP contribution in [0.25, 0.3) is 0 Å². The van der Waals surface area contributed by atoms with Crippen molar-refractivity contribution in [2.24, 2.45) is 0 Å². The van der Waals surface area contributed by atoms with Crippen molar-refractivity contribution in [2.45, 2.75) is 40.2 Å². The van der Waals surface area contributed by atoms with Crippen molar-refractivity contribution in [2.75, 3.05) is 13.2 Å². The minimum atomic E-state index is -0.455. The van der Waals surface area contributed by atoms with Crippen molar-refractivity contribution in [1.29, 1.82) is 0 Å². The van der Waals surface area contributed by atoms with E-state index in [9.17, 15) is 9.59 Å². The van der Waals surface area contributed by atoms with Crippen LogP contribution in [0.3, 0.4) is 0 Å². The van der Waals surface area contributed by atoms with Gasteiger partial charge in [-0.15, -0.1) is 0 Å². The molecule has 0 radical (unpaired) electrons. The Morgan fingerprint density at radius 3 is 1.68 bits per heavy atom. The quantitative estimate of drug-likeness (QED) is 0.626. The number of aliphatic hydroxyl groups excluding tert-OH is 1. The highest BCUT2D eigenvalue weighted by molar-refractivity contribution is 5.87. The Bertz CT molecular complexity index is 336. The van der Waals surface area contributed by atoms with Crippen LogP contribution in [-0.2, 0) is 19.1 Å². The molecule has 0 aromatic heterocycles. The molecule has 0 atom stereocenters. The van der Waals surface area contributed by atoms with Crippen LogP contribution < -0.4 is 0 Å². The highest BCUT2D eigenvalue weighted by Crippen LogP contribution is 2.09. The normalized spacial score (nSPS) is 9.79. The Hall–Kier alpha value is -1.62. The number of hydrogen-bond donors (Lipinski definition) is 1. The zero-order chi connectivity index (χ0) is 15.6. The molecule has 0 unspecified atom stereocenters. The molecule has 0 aliphatic heterocycles. The Morgan fingerprint density at radius 1 is 1.05 bits per heavy atom. The monoisotopic (exact) mass is 272 g/mol. The van der Waals surface area contributed by atoms with E-state index in [1.807, 2.05) is 20.8 Å². The number of carbonyl (C=O) groups excluding carboxylic acids is 2. The van der Waals surface area contributed by atoms with Crippen LogP contribution in [0.15, 0.2) is 24.3 Å². The number of hydrogen-bond acceptors (Lipinski definition) is 5. The van der Waals surface area contributed by atoms with Crippen molar-refractivity contribution in [3.8, 4) is 0 Å². The SMILES string of the molecule is C=C(C)C(=O)OC(C)(C)C.C=C(C)C(=O)OCCO. The number of aliphatic hydroxyl groups is 1. The van der Waals surface area contributed by atoms with Gasteiger partial charge in [0.05, 0.1) is 6.61 Å². The van der Waals surface area contributed by atoms with E-state index in [1.165, 1.54) is 0 Å². The number of ether oxygens (including phenoxy) is 2. The third kappa shape index (κ3) is 14.3. The summed E-state index contributed by atoms with van der Waals surface area (Å²) < 4.78 is 9.42. The van der Waals surface area contributed by atoms with Crippen LogP contribution in [-0.4, -0.2) is 35.9 Å². The Balaban J connectivity index is 0. The molecule has 5 nitrogen and oxygen atoms in total. The summed E-state index contributed by atoms with van der Waals surface area (Å²) in [6, 6.07) is 0. The first-order chi connectivity index (χ1) is 8.51. The molecule has 0 saturated heterocycles. The predicted molar refractivity (Wildman–Crippen MR) is 73.5 cm³/mol. The Labute approximate surface area is 114 Å². The molecule has 0 rings (SSSR count). The van der Waals surface area contributed by atoms with Gasteiger partial charge in [-0.2, -0.15) is 0 Å². The lowest BCUT2D eigenvalue weighted by molar-refractivity contribution is -0.149. The molecular formula is C14H24O5. The van der Waals surface area contributed by atoms with Crippen molar-refractivity contribution < 1.29 is 24.2 Å². The fourth-order valence-electron chi connectivity index (χ4n) is 0.627.